The van der Waals surface area contributed by atoms with Gasteiger partial charge in [0.15, 0.2) is 0 Å². The molecule has 2 aromatic rings. The minimum absolute atomic E-state index is 0.0153. The number of piperidine rings is 2. The molecule has 3 N–H and O–H groups in total. The summed E-state index contributed by atoms with van der Waals surface area (Å²) in [5.41, 5.74) is 1.69. The Hall–Kier alpha value is -3.04. The molecule has 2 saturated heterocycles. The molecule has 2 fully saturated rings. The van der Waals surface area contributed by atoms with Gasteiger partial charge in [-0.1, -0.05) is 12.1 Å². The summed E-state index contributed by atoms with van der Waals surface area (Å²) < 4.78 is 26.6. The Bertz CT molecular complexity index is 1080. The van der Waals surface area contributed by atoms with Crippen LogP contribution >= 0.6 is 0 Å². The first-order valence-corrected chi connectivity index (χ1v) is 14.0. The van der Waals surface area contributed by atoms with Crippen LogP contribution in [-0.2, 0) is 11.2 Å². The molecule has 2 aliphatic heterocycles. The third-order valence-electron chi connectivity index (χ3n) is 7.59. The van der Waals surface area contributed by atoms with Gasteiger partial charge in [-0.3, -0.25) is 9.69 Å². The maximum absolute atomic E-state index is 13.3. The minimum Gasteiger partial charge on any atom is -0.353 e. The highest BCUT2D eigenvalue weighted by Crippen LogP contribution is 2.25. The number of halogens is 2. The summed E-state index contributed by atoms with van der Waals surface area (Å²) in [6.45, 7) is 8.46. The second kappa shape index (κ2) is 13.8. The first kappa shape index (κ1) is 29.0. The zero-order valence-electron chi connectivity index (χ0n) is 23.0. The van der Waals surface area contributed by atoms with E-state index in [1.54, 1.807) is 0 Å². The summed E-state index contributed by atoms with van der Waals surface area (Å²) in [5.74, 6) is 0.0914. The fourth-order valence-corrected chi connectivity index (χ4v) is 5.83. The molecule has 3 atom stereocenters. The molecule has 2 aliphatic rings. The van der Waals surface area contributed by atoms with Gasteiger partial charge in [0.25, 0.3) is 0 Å². The number of nitrogens with zero attached hydrogens (tertiary/aromatic N) is 2. The van der Waals surface area contributed by atoms with Crippen molar-refractivity contribution in [3.05, 3.63) is 65.7 Å². The zero-order valence-corrected chi connectivity index (χ0v) is 23.0. The lowest BCUT2D eigenvalue weighted by Crippen LogP contribution is -2.56. The number of urea groups is 1. The number of amides is 3. The molecule has 7 nitrogen and oxygen atoms in total. The van der Waals surface area contributed by atoms with Crippen LogP contribution in [0.25, 0.3) is 0 Å². The van der Waals surface area contributed by atoms with Gasteiger partial charge in [0.1, 0.15) is 11.6 Å². The van der Waals surface area contributed by atoms with Gasteiger partial charge in [-0.25, -0.2) is 13.6 Å². The smallest absolute Gasteiger partial charge is 0.319 e. The average Bonchev–Trinajstić information content (AvgIpc) is 2.88. The molecule has 0 unspecified atom stereocenters. The van der Waals surface area contributed by atoms with Crippen LogP contribution in [0.4, 0.5) is 19.3 Å². The molecule has 3 amide bonds. The van der Waals surface area contributed by atoms with E-state index in [-0.39, 0.29) is 41.6 Å². The van der Waals surface area contributed by atoms with Crippen molar-refractivity contribution < 1.29 is 18.4 Å². The Kier molecular flexibility index (Phi) is 10.3. The lowest BCUT2D eigenvalue weighted by atomic mass is 9.88. The number of carbonyl (C=O) groups excluding carboxylic acids is 2. The lowest BCUT2D eigenvalue weighted by molar-refractivity contribution is -0.123. The van der Waals surface area contributed by atoms with Crippen LogP contribution in [0.1, 0.15) is 38.7 Å². The van der Waals surface area contributed by atoms with Crippen LogP contribution in [0.5, 0.6) is 0 Å². The Morgan fingerprint density at radius 3 is 2.31 bits per heavy atom. The molecule has 0 bridgehead atoms. The second-order valence-corrected chi connectivity index (χ2v) is 11.3. The summed E-state index contributed by atoms with van der Waals surface area (Å²) >= 11 is 0. The quantitative estimate of drug-likeness (QED) is 0.444. The van der Waals surface area contributed by atoms with E-state index in [9.17, 15) is 18.4 Å². The van der Waals surface area contributed by atoms with Crippen LogP contribution in [0, 0.1) is 23.5 Å². The zero-order chi connectivity index (χ0) is 27.8. The number of likely N-dealkylation sites (tertiary alicyclic amines) is 2. The predicted octanol–water partition coefficient (Wildman–Crippen LogP) is 4.26. The van der Waals surface area contributed by atoms with Crippen molar-refractivity contribution >= 4 is 17.6 Å². The third-order valence-corrected chi connectivity index (χ3v) is 7.59. The van der Waals surface area contributed by atoms with Crippen LogP contribution < -0.4 is 16.0 Å². The number of rotatable bonds is 9. The van der Waals surface area contributed by atoms with E-state index in [0.29, 0.717) is 24.7 Å². The summed E-state index contributed by atoms with van der Waals surface area (Å²) in [5, 5.41) is 8.93. The van der Waals surface area contributed by atoms with Crippen molar-refractivity contribution in [3.63, 3.8) is 0 Å². The molecule has 0 saturated carbocycles. The predicted molar refractivity (Wildman–Crippen MR) is 149 cm³/mol. The van der Waals surface area contributed by atoms with Gasteiger partial charge in [-0.05, 0) is 94.0 Å². The van der Waals surface area contributed by atoms with Gasteiger partial charge in [0.05, 0.1) is 6.54 Å². The van der Waals surface area contributed by atoms with E-state index in [2.05, 4.69) is 25.8 Å². The van der Waals surface area contributed by atoms with Gasteiger partial charge < -0.3 is 20.9 Å². The summed E-state index contributed by atoms with van der Waals surface area (Å²) in [7, 11) is 0. The fourth-order valence-electron chi connectivity index (χ4n) is 5.83. The van der Waals surface area contributed by atoms with Crippen molar-refractivity contribution in [2.45, 2.75) is 51.6 Å². The van der Waals surface area contributed by atoms with E-state index in [4.69, 9.17) is 0 Å². The van der Waals surface area contributed by atoms with Crippen LogP contribution in [0.3, 0.4) is 0 Å². The molecule has 4 rings (SSSR count). The fraction of sp³-hybridized carbons (Fsp3) is 0.533. The molecule has 39 heavy (non-hydrogen) atoms. The molecule has 0 aromatic heterocycles. The van der Waals surface area contributed by atoms with Gasteiger partial charge in [-0.15, -0.1) is 0 Å². The molecular formula is C30H41F2N5O2. The Balaban J connectivity index is 1.38. The normalized spacial score (nSPS) is 22.4. The monoisotopic (exact) mass is 541 g/mol. The van der Waals surface area contributed by atoms with E-state index in [1.807, 2.05) is 26.0 Å². The van der Waals surface area contributed by atoms with Crippen molar-refractivity contribution in [1.29, 1.82) is 0 Å². The molecule has 0 spiro atoms. The van der Waals surface area contributed by atoms with Gasteiger partial charge in [0, 0.05) is 49.9 Å². The van der Waals surface area contributed by atoms with Crippen molar-refractivity contribution in [3.8, 4) is 0 Å². The number of hydrogen-bond acceptors (Lipinski definition) is 4. The Morgan fingerprint density at radius 2 is 1.62 bits per heavy atom. The lowest BCUT2D eigenvalue weighted by Gasteiger charge is -2.42. The first-order valence-electron chi connectivity index (χ1n) is 14.0. The summed E-state index contributed by atoms with van der Waals surface area (Å²) in [4.78, 5) is 29.9. The molecular weight excluding hydrogens is 500 g/mol. The minimum atomic E-state index is -0.353. The number of benzene rings is 2. The molecule has 2 heterocycles. The van der Waals surface area contributed by atoms with Crippen LogP contribution in [0.2, 0.25) is 0 Å². The van der Waals surface area contributed by atoms with E-state index in [0.717, 1.165) is 57.4 Å². The average molecular weight is 542 g/mol. The van der Waals surface area contributed by atoms with Crippen LogP contribution in [0.15, 0.2) is 48.5 Å². The standard InChI is InChI=1S/C30H41F2N5O2/c1-21(2)33-29(38)20-37-15-13-28(35-30(39)34-27-11-9-26(32)10-12-27)24(19-37)18-36-14-3-4-23(17-36)16-22-5-7-25(31)8-6-22/h5-12,21,23-24,28H,3-4,13-20H2,1-2H3,(H,33,38)(H2,34,35,39)/t23-,24-,28+/m0/s1. The van der Waals surface area contributed by atoms with Gasteiger partial charge in [0.2, 0.25) is 5.91 Å². The third kappa shape index (κ3) is 9.28. The highest BCUT2D eigenvalue weighted by atomic mass is 19.1. The van der Waals surface area contributed by atoms with E-state index in [1.165, 1.54) is 36.4 Å². The summed E-state index contributed by atoms with van der Waals surface area (Å²) in [6.07, 6.45) is 3.90. The molecule has 0 aliphatic carbocycles. The topological polar surface area (TPSA) is 76.7 Å². The van der Waals surface area contributed by atoms with Crippen molar-refractivity contribution in [2.24, 2.45) is 11.8 Å². The van der Waals surface area contributed by atoms with Gasteiger partial charge >= 0.3 is 6.03 Å². The highest BCUT2D eigenvalue weighted by molar-refractivity contribution is 5.89. The molecule has 0 radical (unpaired) electrons. The number of hydrogen-bond donors (Lipinski definition) is 3. The molecule has 2 aromatic carbocycles. The molecule has 212 valence electrons. The highest BCUT2D eigenvalue weighted by Gasteiger charge is 2.33. The first-order chi connectivity index (χ1) is 18.7. The number of carbonyl (C=O) groups is 2. The maximum atomic E-state index is 13.3. The second-order valence-electron chi connectivity index (χ2n) is 11.3. The Morgan fingerprint density at radius 1 is 0.923 bits per heavy atom. The Labute approximate surface area is 230 Å². The maximum Gasteiger partial charge on any atom is 0.319 e. The van der Waals surface area contributed by atoms with Gasteiger partial charge in [-0.2, -0.15) is 0 Å². The largest absolute Gasteiger partial charge is 0.353 e. The molecule has 9 heteroatoms. The summed E-state index contributed by atoms with van der Waals surface area (Å²) in [6, 6.07) is 12.2. The van der Waals surface area contributed by atoms with Crippen molar-refractivity contribution in [1.82, 2.24) is 20.4 Å². The van der Waals surface area contributed by atoms with E-state index < -0.39 is 0 Å². The van der Waals surface area contributed by atoms with E-state index >= 15 is 0 Å². The SMILES string of the molecule is CC(C)NC(=O)CN1CC[C@@H](NC(=O)Nc2ccc(F)cc2)[C@@H](CN2CCC[C@@H](Cc3ccc(F)cc3)C2)C1. The van der Waals surface area contributed by atoms with Crippen molar-refractivity contribution in [2.75, 3.05) is 44.6 Å². The number of anilines is 1. The number of nitrogens with one attached hydrogen (secondary N) is 3. The van der Waals surface area contributed by atoms with Crippen LogP contribution in [-0.4, -0.2) is 73.1 Å².